The molecule has 0 aromatic carbocycles. The van der Waals surface area contributed by atoms with Crippen molar-refractivity contribution in [3.8, 4) is 0 Å². The van der Waals surface area contributed by atoms with Crippen molar-refractivity contribution in [3.63, 3.8) is 0 Å². The van der Waals surface area contributed by atoms with Crippen LogP contribution in [0.2, 0.25) is 0 Å². The summed E-state index contributed by atoms with van der Waals surface area (Å²) in [5.41, 5.74) is 6.39. The maximum atomic E-state index is 11.3. The van der Waals surface area contributed by atoms with E-state index in [-0.39, 0.29) is 11.7 Å². The molecule has 18 heavy (non-hydrogen) atoms. The molecule has 3 heterocycles. The second-order valence-electron chi connectivity index (χ2n) is 4.88. The molecule has 0 spiro atoms. The summed E-state index contributed by atoms with van der Waals surface area (Å²) in [5, 5.41) is 6.33. The highest BCUT2D eigenvalue weighted by Crippen LogP contribution is 2.20. The lowest BCUT2D eigenvalue weighted by Gasteiger charge is -2.35. The number of H-pyrrole nitrogens is 1. The third-order valence-corrected chi connectivity index (χ3v) is 3.64. The minimum Gasteiger partial charge on any atom is -0.355 e. The van der Waals surface area contributed by atoms with E-state index in [0.29, 0.717) is 11.6 Å². The van der Waals surface area contributed by atoms with Crippen molar-refractivity contribution in [1.82, 2.24) is 19.6 Å². The molecule has 0 amide bonds. The van der Waals surface area contributed by atoms with Gasteiger partial charge in [-0.15, -0.1) is 0 Å². The minimum atomic E-state index is -0.270. The smallest absolute Gasteiger partial charge is 0.348 e. The number of hydrogen-bond donors (Lipinski definition) is 2. The predicted octanol–water partition coefficient (Wildman–Crippen LogP) is -0.409. The fourth-order valence-electron chi connectivity index (χ4n) is 2.28. The number of nitrogens with two attached hydrogens (primary N) is 1. The van der Waals surface area contributed by atoms with Crippen LogP contribution < -0.4 is 16.3 Å². The fourth-order valence-corrected chi connectivity index (χ4v) is 2.28. The molecule has 2 aromatic heterocycles. The van der Waals surface area contributed by atoms with Gasteiger partial charge in [0.05, 0.1) is 0 Å². The number of fused-ring (bicyclic) bond motifs is 1. The second kappa shape index (κ2) is 4.09. The molecule has 7 heteroatoms. The van der Waals surface area contributed by atoms with Crippen molar-refractivity contribution in [3.05, 3.63) is 22.9 Å². The Morgan fingerprint density at radius 1 is 1.56 bits per heavy atom. The molecule has 96 valence electrons. The molecule has 3 N–H and O–H groups in total. The van der Waals surface area contributed by atoms with Crippen molar-refractivity contribution in [1.29, 1.82) is 0 Å². The van der Waals surface area contributed by atoms with Gasteiger partial charge in [-0.3, -0.25) is 0 Å². The van der Waals surface area contributed by atoms with Crippen LogP contribution in [0.4, 0.5) is 5.82 Å². The lowest BCUT2D eigenvalue weighted by molar-refractivity contribution is 0.378. The quantitative estimate of drug-likeness (QED) is 0.716. The summed E-state index contributed by atoms with van der Waals surface area (Å²) in [7, 11) is 0. The molecule has 7 nitrogen and oxygen atoms in total. The van der Waals surface area contributed by atoms with Gasteiger partial charge in [-0.05, 0) is 12.3 Å². The number of nitrogens with zero attached hydrogens (tertiary/aromatic N) is 4. The van der Waals surface area contributed by atoms with Gasteiger partial charge in [-0.2, -0.15) is 5.10 Å². The van der Waals surface area contributed by atoms with E-state index in [1.807, 2.05) is 0 Å². The van der Waals surface area contributed by atoms with Gasteiger partial charge in [0, 0.05) is 25.2 Å². The summed E-state index contributed by atoms with van der Waals surface area (Å²) >= 11 is 0. The molecule has 2 atom stereocenters. The van der Waals surface area contributed by atoms with Gasteiger partial charge in [0.1, 0.15) is 12.1 Å². The van der Waals surface area contributed by atoms with Crippen LogP contribution in [0.15, 0.2) is 17.2 Å². The van der Waals surface area contributed by atoms with E-state index >= 15 is 0 Å². The van der Waals surface area contributed by atoms with E-state index in [1.165, 1.54) is 10.7 Å². The third kappa shape index (κ3) is 1.76. The Morgan fingerprint density at radius 2 is 2.39 bits per heavy atom. The zero-order valence-corrected chi connectivity index (χ0v) is 10.2. The molecular formula is C11H16N6O. The Morgan fingerprint density at radius 3 is 3.17 bits per heavy atom. The maximum absolute atomic E-state index is 11.3. The summed E-state index contributed by atoms with van der Waals surface area (Å²) in [5.74, 6) is 1.36. The highest BCUT2D eigenvalue weighted by molar-refractivity contribution is 5.50. The van der Waals surface area contributed by atoms with Gasteiger partial charge in [0.15, 0.2) is 5.65 Å². The number of rotatable bonds is 1. The molecule has 1 saturated heterocycles. The van der Waals surface area contributed by atoms with Crippen molar-refractivity contribution in [2.75, 3.05) is 18.0 Å². The lowest BCUT2D eigenvalue weighted by Crippen LogP contribution is -2.47. The summed E-state index contributed by atoms with van der Waals surface area (Å²) in [6.45, 7) is 3.90. The van der Waals surface area contributed by atoms with Crippen LogP contribution in [0.25, 0.3) is 5.65 Å². The number of anilines is 1. The number of nitrogens with one attached hydrogen (secondary N) is 1. The lowest BCUT2D eigenvalue weighted by atomic mass is 9.94. The van der Waals surface area contributed by atoms with Crippen LogP contribution in [0.5, 0.6) is 0 Å². The van der Waals surface area contributed by atoms with Gasteiger partial charge in [-0.25, -0.2) is 19.3 Å². The second-order valence-corrected chi connectivity index (χ2v) is 4.88. The van der Waals surface area contributed by atoms with E-state index in [0.717, 1.165) is 25.3 Å². The zero-order chi connectivity index (χ0) is 12.7. The first-order chi connectivity index (χ1) is 8.65. The van der Waals surface area contributed by atoms with Gasteiger partial charge >= 0.3 is 5.69 Å². The molecule has 2 aromatic rings. The highest BCUT2D eigenvalue weighted by atomic mass is 16.1. The largest absolute Gasteiger partial charge is 0.355 e. The minimum absolute atomic E-state index is 0.165. The summed E-state index contributed by atoms with van der Waals surface area (Å²) in [4.78, 5) is 17.8. The van der Waals surface area contributed by atoms with Crippen molar-refractivity contribution in [2.45, 2.75) is 19.4 Å². The summed E-state index contributed by atoms with van der Waals surface area (Å²) < 4.78 is 1.38. The van der Waals surface area contributed by atoms with Gasteiger partial charge in [0.2, 0.25) is 0 Å². The first-order valence-electron chi connectivity index (χ1n) is 6.08. The molecule has 0 bridgehead atoms. The molecule has 0 saturated carbocycles. The summed E-state index contributed by atoms with van der Waals surface area (Å²) in [6.07, 6.45) is 2.56. The number of hydrogen-bond acceptors (Lipinski definition) is 5. The molecule has 0 radical (unpaired) electrons. The molecule has 1 fully saturated rings. The SMILES string of the molecule is CC1CCN(c2cc3n[nH]c(=O)n3cn2)CC1N. The van der Waals surface area contributed by atoms with Crippen molar-refractivity contribution < 1.29 is 0 Å². The Hall–Kier alpha value is -1.89. The molecule has 3 rings (SSSR count). The Labute approximate surface area is 104 Å². The Balaban J connectivity index is 1.92. The monoisotopic (exact) mass is 248 g/mol. The molecule has 1 aliphatic heterocycles. The van der Waals surface area contributed by atoms with Crippen LogP contribution in [0, 0.1) is 5.92 Å². The first kappa shape index (κ1) is 11.2. The van der Waals surface area contributed by atoms with Crippen LogP contribution in [-0.2, 0) is 0 Å². The summed E-state index contributed by atoms with van der Waals surface area (Å²) in [6, 6.07) is 1.97. The predicted molar refractivity (Wildman–Crippen MR) is 67.6 cm³/mol. The van der Waals surface area contributed by atoms with Crippen molar-refractivity contribution in [2.24, 2.45) is 11.7 Å². The third-order valence-electron chi connectivity index (χ3n) is 3.64. The van der Waals surface area contributed by atoms with Gasteiger partial charge in [-0.1, -0.05) is 6.92 Å². The maximum Gasteiger partial charge on any atom is 0.348 e. The molecule has 0 aliphatic carbocycles. The number of aromatic amines is 1. The first-order valence-corrected chi connectivity index (χ1v) is 6.08. The van der Waals surface area contributed by atoms with E-state index in [4.69, 9.17) is 5.73 Å². The van der Waals surface area contributed by atoms with Crippen LogP contribution >= 0.6 is 0 Å². The Kier molecular flexibility index (Phi) is 2.55. The number of aromatic nitrogens is 4. The normalized spacial score (nSPS) is 24.7. The Bertz CT molecular complexity index is 617. The average Bonchev–Trinajstić information content (AvgIpc) is 2.74. The molecule has 2 unspecified atom stereocenters. The van der Waals surface area contributed by atoms with Crippen LogP contribution in [0.1, 0.15) is 13.3 Å². The van der Waals surface area contributed by atoms with Crippen LogP contribution in [0.3, 0.4) is 0 Å². The molecule has 1 aliphatic rings. The van der Waals surface area contributed by atoms with Crippen LogP contribution in [-0.4, -0.2) is 38.7 Å². The standard InChI is InChI=1S/C11H16N6O/c1-7-2-3-16(5-8(7)12)9-4-10-14-15-11(18)17(10)6-13-9/h4,6-8H,2-3,5,12H2,1H3,(H,15,18). The van der Waals surface area contributed by atoms with E-state index in [2.05, 4.69) is 27.0 Å². The van der Waals surface area contributed by atoms with E-state index in [9.17, 15) is 4.79 Å². The highest BCUT2D eigenvalue weighted by Gasteiger charge is 2.24. The zero-order valence-electron chi connectivity index (χ0n) is 10.2. The average molecular weight is 248 g/mol. The van der Waals surface area contributed by atoms with Crippen molar-refractivity contribution >= 4 is 11.5 Å². The fraction of sp³-hybridized carbons (Fsp3) is 0.545. The molecular weight excluding hydrogens is 232 g/mol. The number of piperidine rings is 1. The van der Waals surface area contributed by atoms with Gasteiger partial charge in [0.25, 0.3) is 0 Å². The van der Waals surface area contributed by atoms with E-state index in [1.54, 1.807) is 6.07 Å². The van der Waals surface area contributed by atoms with Gasteiger partial charge < -0.3 is 10.6 Å². The topological polar surface area (TPSA) is 92.3 Å². The van der Waals surface area contributed by atoms with E-state index < -0.39 is 0 Å².